The van der Waals surface area contributed by atoms with E-state index < -0.39 is 0 Å². The number of carbonyl (C=O) groups is 1. The first-order chi connectivity index (χ1) is 13.8. The number of pyridine rings is 1. The van der Waals surface area contributed by atoms with E-state index in [1.54, 1.807) is 0 Å². The molecule has 1 fully saturated rings. The molecule has 1 aromatic carbocycles. The molecule has 0 spiro atoms. The van der Waals surface area contributed by atoms with E-state index >= 15 is 0 Å². The number of rotatable bonds is 4. The van der Waals surface area contributed by atoms with Crippen molar-refractivity contribution < 1.29 is 14.3 Å². The van der Waals surface area contributed by atoms with Gasteiger partial charge in [0.05, 0.1) is 0 Å². The predicted octanol–water partition coefficient (Wildman–Crippen LogP) is 2.80. The zero-order valence-corrected chi connectivity index (χ0v) is 15.6. The molecule has 0 saturated carbocycles. The molecule has 1 saturated heterocycles. The summed E-state index contributed by atoms with van der Waals surface area (Å²) in [4.78, 5) is 14.8. The molecule has 2 aromatic heterocycles. The molecule has 1 atom stereocenters. The Morgan fingerprint density at radius 2 is 2.07 bits per heavy atom. The number of nitrogens with zero attached hydrogens (tertiary/aromatic N) is 4. The van der Waals surface area contributed by atoms with Gasteiger partial charge in [0.2, 0.25) is 12.7 Å². The molecular formula is C21H22N4O3. The lowest BCUT2D eigenvalue weighted by atomic mass is 9.96. The first kappa shape index (κ1) is 17.0. The van der Waals surface area contributed by atoms with Crippen LogP contribution in [0.5, 0.6) is 11.5 Å². The van der Waals surface area contributed by atoms with Gasteiger partial charge in [-0.25, -0.2) is 0 Å². The van der Waals surface area contributed by atoms with Gasteiger partial charge in [0.25, 0.3) is 0 Å². The van der Waals surface area contributed by atoms with Crippen molar-refractivity contribution in [1.29, 1.82) is 0 Å². The lowest BCUT2D eigenvalue weighted by molar-refractivity contribution is -0.132. The number of hydrogen-bond acceptors (Lipinski definition) is 5. The Bertz CT molecular complexity index is 1020. The van der Waals surface area contributed by atoms with Gasteiger partial charge in [-0.05, 0) is 49.1 Å². The van der Waals surface area contributed by atoms with Crippen molar-refractivity contribution in [3.8, 4) is 11.5 Å². The number of aromatic nitrogens is 3. The zero-order valence-electron chi connectivity index (χ0n) is 15.6. The highest BCUT2D eigenvalue weighted by Gasteiger charge is 2.27. The van der Waals surface area contributed by atoms with Crippen LogP contribution in [-0.2, 0) is 11.2 Å². The van der Waals surface area contributed by atoms with Gasteiger partial charge in [-0.3, -0.25) is 9.20 Å². The first-order valence-electron chi connectivity index (χ1n) is 9.74. The molecule has 0 aliphatic carbocycles. The van der Waals surface area contributed by atoms with Gasteiger partial charge in [-0.1, -0.05) is 12.1 Å². The maximum Gasteiger partial charge on any atom is 0.231 e. The van der Waals surface area contributed by atoms with E-state index in [0.29, 0.717) is 19.4 Å². The zero-order chi connectivity index (χ0) is 18.9. The SMILES string of the molecule is O=C(CCc1ccc2c(c1)OCO2)N1CCC[C@@H](c2nnc3ccccn23)C1. The average Bonchev–Trinajstić information content (AvgIpc) is 3.38. The van der Waals surface area contributed by atoms with Gasteiger partial charge in [0.1, 0.15) is 5.82 Å². The third kappa shape index (κ3) is 3.17. The van der Waals surface area contributed by atoms with Crippen LogP contribution in [0.25, 0.3) is 5.65 Å². The summed E-state index contributed by atoms with van der Waals surface area (Å²) < 4.78 is 12.8. The molecule has 144 valence electrons. The van der Waals surface area contributed by atoms with Crippen molar-refractivity contribution in [2.45, 2.75) is 31.6 Å². The summed E-state index contributed by atoms with van der Waals surface area (Å²) in [6.45, 7) is 1.78. The van der Waals surface area contributed by atoms with Crippen LogP contribution >= 0.6 is 0 Å². The Morgan fingerprint density at radius 3 is 3.04 bits per heavy atom. The second kappa shape index (κ2) is 7.14. The summed E-state index contributed by atoms with van der Waals surface area (Å²) in [5.41, 5.74) is 1.94. The van der Waals surface area contributed by atoms with Crippen molar-refractivity contribution in [1.82, 2.24) is 19.5 Å². The largest absolute Gasteiger partial charge is 0.454 e. The third-order valence-electron chi connectivity index (χ3n) is 5.54. The molecular weight excluding hydrogens is 356 g/mol. The minimum absolute atomic E-state index is 0.191. The second-order valence-corrected chi connectivity index (χ2v) is 7.35. The molecule has 28 heavy (non-hydrogen) atoms. The number of hydrogen-bond donors (Lipinski definition) is 0. The van der Waals surface area contributed by atoms with Crippen LogP contribution in [0.2, 0.25) is 0 Å². The van der Waals surface area contributed by atoms with Crippen LogP contribution < -0.4 is 9.47 Å². The number of piperidine rings is 1. The van der Waals surface area contributed by atoms with Gasteiger partial charge in [0.15, 0.2) is 17.1 Å². The van der Waals surface area contributed by atoms with Crippen LogP contribution in [0.4, 0.5) is 0 Å². The normalized spacial score (nSPS) is 18.6. The summed E-state index contributed by atoms with van der Waals surface area (Å²) >= 11 is 0. The number of aryl methyl sites for hydroxylation is 1. The fourth-order valence-corrected chi connectivity index (χ4v) is 4.06. The van der Waals surface area contributed by atoms with E-state index in [0.717, 1.165) is 47.9 Å². The van der Waals surface area contributed by atoms with E-state index in [1.165, 1.54) is 0 Å². The number of carbonyl (C=O) groups excluding carboxylic acids is 1. The lowest BCUT2D eigenvalue weighted by Gasteiger charge is -2.32. The molecule has 3 aromatic rings. The molecule has 2 aliphatic rings. The van der Waals surface area contributed by atoms with E-state index in [1.807, 2.05) is 51.9 Å². The minimum atomic E-state index is 0.191. The highest BCUT2D eigenvalue weighted by atomic mass is 16.7. The third-order valence-corrected chi connectivity index (χ3v) is 5.54. The monoisotopic (exact) mass is 378 g/mol. The number of fused-ring (bicyclic) bond motifs is 2. The van der Waals surface area contributed by atoms with Crippen LogP contribution in [-0.4, -0.2) is 45.3 Å². The summed E-state index contributed by atoms with van der Waals surface area (Å²) in [6.07, 6.45) is 5.20. The standard InChI is InChI=1S/C21H22N4O3/c26-20(9-7-15-6-8-17-18(12-15)28-14-27-17)24-10-3-4-16(13-24)21-23-22-19-5-1-2-11-25(19)21/h1-2,5-6,8,11-12,16H,3-4,7,9-10,13-14H2/t16-/m1/s1. The molecule has 5 rings (SSSR count). The van der Waals surface area contributed by atoms with Gasteiger partial charge in [-0.2, -0.15) is 0 Å². The quantitative estimate of drug-likeness (QED) is 0.698. The highest BCUT2D eigenvalue weighted by Crippen LogP contribution is 2.33. The van der Waals surface area contributed by atoms with E-state index in [-0.39, 0.29) is 18.6 Å². The highest BCUT2D eigenvalue weighted by molar-refractivity contribution is 5.76. The number of ether oxygens (including phenoxy) is 2. The Balaban J connectivity index is 1.24. The van der Waals surface area contributed by atoms with Gasteiger partial charge in [-0.15, -0.1) is 10.2 Å². The molecule has 4 heterocycles. The Labute approximate surface area is 162 Å². The molecule has 0 unspecified atom stereocenters. The molecule has 2 aliphatic heterocycles. The maximum absolute atomic E-state index is 12.8. The molecule has 7 heteroatoms. The van der Waals surface area contributed by atoms with E-state index in [9.17, 15) is 4.79 Å². The van der Waals surface area contributed by atoms with Gasteiger partial charge < -0.3 is 14.4 Å². The fraction of sp³-hybridized carbons (Fsp3) is 0.381. The fourth-order valence-electron chi connectivity index (χ4n) is 4.06. The summed E-state index contributed by atoms with van der Waals surface area (Å²) in [7, 11) is 0. The number of likely N-dealkylation sites (tertiary alicyclic amines) is 1. The molecule has 1 amide bonds. The minimum Gasteiger partial charge on any atom is -0.454 e. The second-order valence-electron chi connectivity index (χ2n) is 7.35. The number of amides is 1. The van der Waals surface area contributed by atoms with Crippen LogP contribution in [0.15, 0.2) is 42.6 Å². The average molecular weight is 378 g/mol. The van der Waals surface area contributed by atoms with Crippen molar-refractivity contribution in [3.05, 3.63) is 54.0 Å². The van der Waals surface area contributed by atoms with Gasteiger partial charge in [0, 0.05) is 31.6 Å². The van der Waals surface area contributed by atoms with E-state index in [4.69, 9.17) is 9.47 Å². The molecule has 0 bridgehead atoms. The summed E-state index contributed by atoms with van der Waals surface area (Å²) in [6, 6.07) is 11.8. The first-order valence-corrected chi connectivity index (χ1v) is 9.74. The lowest BCUT2D eigenvalue weighted by Crippen LogP contribution is -2.39. The molecule has 0 N–H and O–H groups in total. The Morgan fingerprint density at radius 1 is 1.14 bits per heavy atom. The van der Waals surface area contributed by atoms with Crippen LogP contribution in [0, 0.1) is 0 Å². The van der Waals surface area contributed by atoms with E-state index in [2.05, 4.69) is 10.2 Å². The van der Waals surface area contributed by atoms with Crippen LogP contribution in [0.1, 0.15) is 36.6 Å². The van der Waals surface area contributed by atoms with Crippen molar-refractivity contribution in [2.75, 3.05) is 19.9 Å². The van der Waals surface area contributed by atoms with Crippen molar-refractivity contribution in [3.63, 3.8) is 0 Å². The molecule has 7 nitrogen and oxygen atoms in total. The topological polar surface area (TPSA) is 69.0 Å². The smallest absolute Gasteiger partial charge is 0.231 e. The maximum atomic E-state index is 12.8. The van der Waals surface area contributed by atoms with Crippen molar-refractivity contribution in [2.24, 2.45) is 0 Å². The Hall–Kier alpha value is -3.09. The van der Waals surface area contributed by atoms with Gasteiger partial charge >= 0.3 is 0 Å². The molecule has 0 radical (unpaired) electrons. The van der Waals surface area contributed by atoms with Crippen LogP contribution in [0.3, 0.4) is 0 Å². The van der Waals surface area contributed by atoms with Crippen molar-refractivity contribution >= 4 is 11.6 Å². The number of benzene rings is 1. The Kier molecular flexibility index (Phi) is 4.35. The summed E-state index contributed by atoms with van der Waals surface area (Å²) in [5.74, 6) is 2.90. The summed E-state index contributed by atoms with van der Waals surface area (Å²) in [5, 5.41) is 8.64. The predicted molar refractivity (Wildman–Crippen MR) is 102 cm³/mol.